The Hall–Kier alpha value is -0.570. The number of nitrogens with two attached hydrogens (primary N) is 1. The highest BCUT2D eigenvalue weighted by Crippen LogP contribution is 2.25. The maximum Gasteiger partial charge on any atom is 0.241 e. The summed E-state index contributed by atoms with van der Waals surface area (Å²) in [4.78, 5) is 13.5. The Balaban J connectivity index is 2.41. The molecule has 0 bridgehead atoms. The summed E-state index contributed by atoms with van der Waals surface area (Å²) >= 11 is 0. The number of carbonyl (C=O) groups excluding carboxylic acids is 1. The van der Waals surface area contributed by atoms with Crippen molar-refractivity contribution in [2.75, 3.05) is 13.6 Å². The number of likely N-dealkylation sites (N-methyl/N-ethyl adjacent to an activating group) is 1. The van der Waals surface area contributed by atoms with Crippen molar-refractivity contribution in [3.63, 3.8) is 0 Å². The second-order valence-electron chi connectivity index (χ2n) is 5.06. The van der Waals surface area contributed by atoms with Gasteiger partial charge in [-0.2, -0.15) is 0 Å². The van der Waals surface area contributed by atoms with Crippen LogP contribution in [0.3, 0.4) is 0 Å². The molecule has 82 valence electrons. The van der Waals surface area contributed by atoms with E-state index < -0.39 is 5.54 Å². The van der Waals surface area contributed by atoms with Crippen molar-refractivity contribution in [2.24, 2.45) is 11.7 Å². The smallest absolute Gasteiger partial charge is 0.241 e. The zero-order chi connectivity index (χ0) is 10.8. The van der Waals surface area contributed by atoms with Crippen LogP contribution >= 0.6 is 0 Å². The average Bonchev–Trinajstić information content (AvgIpc) is 2.53. The number of hydrogen-bond donors (Lipinski definition) is 1. The molecule has 1 aliphatic rings. The molecular formula is C11H22N2O. The van der Waals surface area contributed by atoms with Gasteiger partial charge in [0.1, 0.15) is 0 Å². The Labute approximate surface area is 86.6 Å². The summed E-state index contributed by atoms with van der Waals surface area (Å²) in [6, 6.07) is 0. The molecule has 0 aromatic carbocycles. The fourth-order valence-corrected chi connectivity index (χ4v) is 2.16. The molecule has 2 N–H and O–H groups in total. The number of hydrogen-bond acceptors (Lipinski definition) is 2. The molecule has 1 aliphatic carbocycles. The van der Waals surface area contributed by atoms with Gasteiger partial charge in [-0.1, -0.05) is 12.8 Å². The fourth-order valence-electron chi connectivity index (χ4n) is 2.16. The Morgan fingerprint density at radius 1 is 1.43 bits per heavy atom. The summed E-state index contributed by atoms with van der Waals surface area (Å²) < 4.78 is 0. The molecule has 1 saturated carbocycles. The molecule has 0 radical (unpaired) electrons. The first-order chi connectivity index (χ1) is 6.41. The average molecular weight is 198 g/mol. The van der Waals surface area contributed by atoms with Crippen molar-refractivity contribution >= 4 is 5.91 Å². The third-order valence-corrected chi connectivity index (χ3v) is 2.90. The molecule has 0 aromatic rings. The highest BCUT2D eigenvalue weighted by Gasteiger charge is 2.27. The summed E-state index contributed by atoms with van der Waals surface area (Å²) in [6.45, 7) is 4.40. The van der Waals surface area contributed by atoms with E-state index in [0.29, 0.717) is 5.92 Å². The lowest BCUT2D eigenvalue weighted by atomic mass is 10.0. The number of carbonyl (C=O) groups is 1. The molecule has 14 heavy (non-hydrogen) atoms. The number of rotatable bonds is 3. The molecule has 0 heterocycles. The molecule has 0 unspecified atom stereocenters. The van der Waals surface area contributed by atoms with Gasteiger partial charge in [-0.05, 0) is 32.6 Å². The van der Waals surface area contributed by atoms with E-state index >= 15 is 0 Å². The van der Waals surface area contributed by atoms with Gasteiger partial charge in [0.15, 0.2) is 0 Å². The summed E-state index contributed by atoms with van der Waals surface area (Å²) in [6.07, 6.45) is 5.17. The lowest BCUT2D eigenvalue weighted by Gasteiger charge is -2.27. The minimum Gasteiger partial charge on any atom is -0.344 e. The Morgan fingerprint density at radius 2 is 1.93 bits per heavy atom. The molecule has 1 rings (SSSR count). The molecule has 0 spiro atoms. The molecule has 3 nitrogen and oxygen atoms in total. The first-order valence-electron chi connectivity index (χ1n) is 5.45. The number of nitrogens with zero attached hydrogens (tertiary/aromatic N) is 1. The maximum atomic E-state index is 11.8. The van der Waals surface area contributed by atoms with Gasteiger partial charge in [-0.3, -0.25) is 4.79 Å². The minimum atomic E-state index is -0.729. The number of amides is 1. The van der Waals surface area contributed by atoms with Crippen LogP contribution in [0.5, 0.6) is 0 Å². The lowest BCUT2D eigenvalue weighted by molar-refractivity contribution is -0.135. The predicted octanol–water partition coefficient (Wildman–Crippen LogP) is 1.37. The first-order valence-corrected chi connectivity index (χ1v) is 5.45. The Kier molecular flexibility index (Phi) is 3.53. The van der Waals surface area contributed by atoms with Gasteiger partial charge in [-0.25, -0.2) is 0 Å². The van der Waals surface area contributed by atoms with E-state index in [-0.39, 0.29) is 5.91 Å². The molecule has 1 fully saturated rings. The van der Waals surface area contributed by atoms with Crippen molar-refractivity contribution in [3.05, 3.63) is 0 Å². The monoisotopic (exact) mass is 198 g/mol. The summed E-state index contributed by atoms with van der Waals surface area (Å²) in [7, 11) is 1.86. The lowest BCUT2D eigenvalue weighted by Crippen LogP contribution is -2.50. The van der Waals surface area contributed by atoms with Gasteiger partial charge >= 0.3 is 0 Å². The second-order valence-corrected chi connectivity index (χ2v) is 5.06. The SMILES string of the molecule is CN(CC1CCCC1)C(=O)C(C)(C)N. The van der Waals surface area contributed by atoms with E-state index in [1.807, 2.05) is 7.05 Å². The third kappa shape index (κ3) is 2.98. The summed E-state index contributed by atoms with van der Waals surface area (Å²) in [5.41, 5.74) is 5.03. The van der Waals surface area contributed by atoms with Crippen molar-refractivity contribution in [1.29, 1.82) is 0 Å². The van der Waals surface area contributed by atoms with Crippen molar-refractivity contribution in [3.8, 4) is 0 Å². The quantitative estimate of drug-likeness (QED) is 0.744. The summed E-state index contributed by atoms with van der Waals surface area (Å²) in [5, 5.41) is 0. The highest BCUT2D eigenvalue weighted by atomic mass is 16.2. The molecule has 0 saturated heterocycles. The maximum absolute atomic E-state index is 11.8. The molecular weight excluding hydrogens is 176 g/mol. The van der Waals surface area contributed by atoms with Gasteiger partial charge in [0.05, 0.1) is 5.54 Å². The molecule has 1 amide bonds. The third-order valence-electron chi connectivity index (χ3n) is 2.90. The van der Waals surface area contributed by atoms with Crippen LogP contribution in [-0.4, -0.2) is 29.9 Å². The van der Waals surface area contributed by atoms with E-state index in [9.17, 15) is 4.79 Å². The molecule has 0 aliphatic heterocycles. The Bertz CT molecular complexity index is 202. The first kappa shape index (κ1) is 11.5. The second kappa shape index (κ2) is 4.30. The van der Waals surface area contributed by atoms with Crippen LogP contribution < -0.4 is 5.73 Å². The molecule has 0 aromatic heterocycles. The predicted molar refractivity (Wildman–Crippen MR) is 57.9 cm³/mol. The summed E-state index contributed by atoms with van der Waals surface area (Å²) in [5.74, 6) is 0.746. The van der Waals surface area contributed by atoms with Crippen LogP contribution in [0.15, 0.2) is 0 Å². The van der Waals surface area contributed by atoms with Gasteiger partial charge in [-0.15, -0.1) is 0 Å². The van der Waals surface area contributed by atoms with E-state index in [1.165, 1.54) is 25.7 Å². The normalized spacial score (nSPS) is 18.6. The zero-order valence-corrected chi connectivity index (χ0v) is 9.55. The van der Waals surface area contributed by atoms with Gasteiger partial charge in [0, 0.05) is 13.6 Å². The van der Waals surface area contributed by atoms with Crippen molar-refractivity contribution in [2.45, 2.75) is 45.1 Å². The van der Waals surface area contributed by atoms with Crippen LogP contribution in [0.1, 0.15) is 39.5 Å². The topological polar surface area (TPSA) is 46.3 Å². The van der Waals surface area contributed by atoms with Crippen LogP contribution in [0.4, 0.5) is 0 Å². The highest BCUT2D eigenvalue weighted by molar-refractivity contribution is 5.84. The van der Waals surface area contributed by atoms with E-state index in [4.69, 9.17) is 5.73 Å². The van der Waals surface area contributed by atoms with E-state index in [1.54, 1.807) is 18.7 Å². The molecule has 3 heteroatoms. The zero-order valence-electron chi connectivity index (χ0n) is 9.55. The van der Waals surface area contributed by atoms with Gasteiger partial charge in [0.25, 0.3) is 0 Å². The van der Waals surface area contributed by atoms with Crippen LogP contribution in [0, 0.1) is 5.92 Å². The van der Waals surface area contributed by atoms with Crippen LogP contribution in [0.2, 0.25) is 0 Å². The van der Waals surface area contributed by atoms with Gasteiger partial charge in [0.2, 0.25) is 5.91 Å². The Morgan fingerprint density at radius 3 is 2.36 bits per heavy atom. The van der Waals surface area contributed by atoms with Crippen molar-refractivity contribution in [1.82, 2.24) is 4.90 Å². The van der Waals surface area contributed by atoms with Crippen LogP contribution in [0.25, 0.3) is 0 Å². The fraction of sp³-hybridized carbons (Fsp3) is 0.909. The van der Waals surface area contributed by atoms with E-state index in [2.05, 4.69) is 0 Å². The van der Waals surface area contributed by atoms with E-state index in [0.717, 1.165) is 6.54 Å². The minimum absolute atomic E-state index is 0.0457. The van der Waals surface area contributed by atoms with Crippen LogP contribution in [-0.2, 0) is 4.79 Å². The van der Waals surface area contributed by atoms with Gasteiger partial charge < -0.3 is 10.6 Å². The standard InChI is InChI=1S/C11H22N2O/c1-11(2,12)10(14)13(3)8-9-6-4-5-7-9/h9H,4-8,12H2,1-3H3. The molecule has 0 atom stereocenters. The van der Waals surface area contributed by atoms with Crippen molar-refractivity contribution < 1.29 is 4.79 Å². The largest absolute Gasteiger partial charge is 0.344 e.